The number of rotatable bonds is 4. The van der Waals surface area contributed by atoms with Crippen molar-refractivity contribution < 1.29 is 14.3 Å². The average molecular weight is 339 g/mol. The topological polar surface area (TPSA) is 35.5 Å². The molecule has 0 spiro atoms. The van der Waals surface area contributed by atoms with Crippen molar-refractivity contribution in [2.24, 2.45) is 5.92 Å². The highest BCUT2D eigenvalue weighted by Gasteiger charge is 2.21. The van der Waals surface area contributed by atoms with Gasteiger partial charge < -0.3 is 9.47 Å². The maximum Gasteiger partial charge on any atom is 0.164 e. The molecule has 2 aliphatic rings. The SMILES string of the molecule is O=C(CCC1CCCC1)c1cc2c(cc1Br)OCCO2. The third-order valence-corrected chi connectivity index (χ3v) is 4.84. The second-order valence-corrected chi connectivity index (χ2v) is 6.44. The molecule has 1 aromatic carbocycles. The van der Waals surface area contributed by atoms with E-state index in [1.165, 1.54) is 25.7 Å². The van der Waals surface area contributed by atoms with Gasteiger partial charge in [0.25, 0.3) is 0 Å². The molecule has 1 heterocycles. The van der Waals surface area contributed by atoms with Crippen molar-refractivity contribution >= 4 is 21.7 Å². The van der Waals surface area contributed by atoms with Gasteiger partial charge in [0.05, 0.1) is 0 Å². The molecule has 0 amide bonds. The molecule has 1 aromatic rings. The van der Waals surface area contributed by atoms with Crippen LogP contribution in [0.4, 0.5) is 0 Å². The van der Waals surface area contributed by atoms with Gasteiger partial charge in [-0.2, -0.15) is 0 Å². The van der Waals surface area contributed by atoms with Gasteiger partial charge in [-0.3, -0.25) is 4.79 Å². The summed E-state index contributed by atoms with van der Waals surface area (Å²) in [5, 5.41) is 0. The van der Waals surface area contributed by atoms with E-state index in [4.69, 9.17) is 9.47 Å². The van der Waals surface area contributed by atoms with E-state index in [1.807, 2.05) is 12.1 Å². The van der Waals surface area contributed by atoms with Gasteiger partial charge >= 0.3 is 0 Å². The van der Waals surface area contributed by atoms with E-state index in [9.17, 15) is 4.79 Å². The Morgan fingerprint density at radius 3 is 2.50 bits per heavy atom. The molecule has 1 aliphatic heterocycles. The van der Waals surface area contributed by atoms with Crippen molar-refractivity contribution in [1.82, 2.24) is 0 Å². The highest BCUT2D eigenvalue weighted by molar-refractivity contribution is 9.10. The van der Waals surface area contributed by atoms with E-state index in [0.29, 0.717) is 30.9 Å². The van der Waals surface area contributed by atoms with E-state index in [0.717, 1.165) is 22.6 Å². The maximum absolute atomic E-state index is 12.4. The molecule has 108 valence electrons. The molecule has 20 heavy (non-hydrogen) atoms. The zero-order chi connectivity index (χ0) is 13.9. The average Bonchev–Trinajstić information content (AvgIpc) is 2.97. The van der Waals surface area contributed by atoms with Crippen LogP contribution < -0.4 is 9.47 Å². The van der Waals surface area contributed by atoms with Gasteiger partial charge in [-0.1, -0.05) is 25.7 Å². The first-order valence-electron chi connectivity index (χ1n) is 7.36. The molecule has 0 saturated heterocycles. The first kappa shape index (κ1) is 13.9. The van der Waals surface area contributed by atoms with Crippen molar-refractivity contribution in [2.75, 3.05) is 13.2 Å². The largest absolute Gasteiger partial charge is 0.486 e. The van der Waals surface area contributed by atoms with Crippen LogP contribution in [0.3, 0.4) is 0 Å². The summed E-state index contributed by atoms with van der Waals surface area (Å²) in [5.74, 6) is 2.34. The number of benzene rings is 1. The van der Waals surface area contributed by atoms with Crippen molar-refractivity contribution in [3.63, 3.8) is 0 Å². The molecule has 0 aromatic heterocycles. The number of carbonyl (C=O) groups excluding carboxylic acids is 1. The summed E-state index contributed by atoms with van der Waals surface area (Å²) in [4.78, 5) is 12.4. The van der Waals surface area contributed by atoms with Crippen molar-refractivity contribution in [1.29, 1.82) is 0 Å². The van der Waals surface area contributed by atoms with Crippen molar-refractivity contribution in [3.05, 3.63) is 22.2 Å². The highest BCUT2D eigenvalue weighted by Crippen LogP contribution is 2.36. The monoisotopic (exact) mass is 338 g/mol. The van der Waals surface area contributed by atoms with Crippen LogP contribution >= 0.6 is 15.9 Å². The fraction of sp³-hybridized carbons (Fsp3) is 0.562. The number of fused-ring (bicyclic) bond motifs is 1. The molecule has 1 saturated carbocycles. The lowest BCUT2D eigenvalue weighted by Gasteiger charge is -2.19. The van der Waals surface area contributed by atoms with Crippen molar-refractivity contribution in [3.8, 4) is 11.5 Å². The summed E-state index contributed by atoms with van der Waals surface area (Å²) < 4.78 is 11.9. The Morgan fingerprint density at radius 1 is 1.15 bits per heavy atom. The zero-order valence-corrected chi connectivity index (χ0v) is 13.1. The number of hydrogen-bond donors (Lipinski definition) is 0. The number of ether oxygens (including phenoxy) is 2. The van der Waals surface area contributed by atoms with Gasteiger partial charge in [-0.05, 0) is 40.4 Å². The molecular formula is C16H19BrO3. The molecule has 0 unspecified atom stereocenters. The van der Waals surface area contributed by atoms with Gasteiger partial charge in [-0.25, -0.2) is 0 Å². The molecule has 0 N–H and O–H groups in total. The van der Waals surface area contributed by atoms with Crippen LogP contribution in [-0.2, 0) is 0 Å². The predicted octanol–water partition coefficient (Wildman–Crippen LogP) is 4.37. The first-order valence-corrected chi connectivity index (χ1v) is 8.15. The summed E-state index contributed by atoms with van der Waals surface area (Å²) in [6.45, 7) is 1.11. The Balaban J connectivity index is 1.70. The van der Waals surface area contributed by atoms with Gasteiger partial charge in [0.15, 0.2) is 17.3 Å². The van der Waals surface area contributed by atoms with E-state index in [2.05, 4.69) is 15.9 Å². The minimum absolute atomic E-state index is 0.195. The molecule has 0 atom stereocenters. The standard InChI is InChI=1S/C16H19BrO3/c17-13-10-16-15(19-7-8-20-16)9-12(13)14(18)6-5-11-3-1-2-4-11/h9-11H,1-8H2. The van der Waals surface area contributed by atoms with Gasteiger partial charge in [-0.15, -0.1) is 0 Å². The predicted molar refractivity (Wildman–Crippen MR) is 80.7 cm³/mol. The molecule has 4 heteroatoms. The van der Waals surface area contributed by atoms with Crippen LogP contribution in [0.2, 0.25) is 0 Å². The number of hydrogen-bond acceptors (Lipinski definition) is 3. The maximum atomic E-state index is 12.4. The third kappa shape index (κ3) is 3.00. The Labute approximate surface area is 127 Å². The molecule has 3 rings (SSSR count). The normalized spacial score (nSPS) is 18.2. The van der Waals surface area contributed by atoms with Crippen LogP contribution in [0, 0.1) is 5.92 Å². The molecule has 3 nitrogen and oxygen atoms in total. The van der Waals surface area contributed by atoms with Gasteiger partial charge in [0.2, 0.25) is 0 Å². The summed E-state index contributed by atoms with van der Waals surface area (Å²) in [7, 11) is 0. The third-order valence-electron chi connectivity index (χ3n) is 4.19. The van der Waals surface area contributed by atoms with Crippen LogP contribution in [-0.4, -0.2) is 19.0 Å². The van der Waals surface area contributed by atoms with Crippen molar-refractivity contribution in [2.45, 2.75) is 38.5 Å². The molecular weight excluding hydrogens is 320 g/mol. The summed E-state index contributed by atoms with van der Waals surface area (Å²) in [5.41, 5.74) is 0.715. The zero-order valence-electron chi connectivity index (χ0n) is 11.5. The lowest BCUT2D eigenvalue weighted by Crippen LogP contribution is -2.16. The Morgan fingerprint density at radius 2 is 1.80 bits per heavy atom. The van der Waals surface area contributed by atoms with Crippen LogP contribution in [0.25, 0.3) is 0 Å². The number of halogens is 1. The molecule has 0 bridgehead atoms. The van der Waals surface area contributed by atoms with E-state index in [1.54, 1.807) is 0 Å². The van der Waals surface area contributed by atoms with E-state index in [-0.39, 0.29) is 5.78 Å². The Hall–Kier alpha value is -1.03. The highest BCUT2D eigenvalue weighted by atomic mass is 79.9. The minimum atomic E-state index is 0.195. The summed E-state index contributed by atoms with van der Waals surface area (Å²) in [6, 6.07) is 3.66. The summed E-state index contributed by atoms with van der Waals surface area (Å²) in [6.07, 6.45) is 6.87. The van der Waals surface area contributed by atoms with Crippen LogP contribution in [0.1, 0.15) is 48.9 Å². The molecule has 0 radical (unpaired) electrons. The Kier molecular flexibility index (Phi) is 4.29. The number of Topliss-reactive ketones (excluding diaryl/α,β-unsaturated/α-hetero) is 1. The second-order valence-electron chi connectivity index (χ2n) is 5.59. The van der Waals surface area contributed by atoms with Gasteiger partial charge in [0.1, 0.15) is 13.2 Å². The number of ketones is 1. The lowest BCUT2D eigenvalue weighted by molar-refractivity contribution is 0.0972. The summed E-state index contributed by atoms with van der Waals surface area (Å²) >= 11 is 3.47. The fourth-order valence-electron chi connectivity index (χ4n) is 3.05. The lowest BCUT2D eigenvalue weighted by atomic mass is 9.97. The number of carbonyl (C=O) groups is 1. The minimum Gasteiger partial charge on any atom is -0.486 e. The first-order chi connectivity index (χ1) is 9.74. The smallest absolute Gasteiger partial charge is 0.164 e. The van der Waals surface area contributed by atoms with Gasteiger partial charge in [0, 0.05) is 16.5 Å². The quantitative estimate of drug-likeness (QED) is 0.764. The van der Waals surface area contributed by atoms with Crippen LogP contribution in [0.15, 0.2) is 16.6 Å². The molecule has 1 aliphatic carbocycles. The molecule has 1 fully saturated rings. The van der Waals surface area contributed by atoms with Crippen LogP contribution in [0.5, 0.6) is 11.5 Å². The van der Waals surface area contributed by atoms with E-state index < -0.39 is 0 Å². The second kappa shape index (κ2) is 6.17. The fourth-order valence-corrected chi connectivity index (χ4v) is 3.59. The Bertz CT molecular complexity index is 507. The van der Waals surface area contributed by atoms with E-state index >= 15 is 0 Å².